The van der Waals surface area contributed by atoms with E-state index < -0.39 is 0 Å². The van der Waals surface area contributed by atoms with Crippen molar-refractivity contribution in [1.29, 1.82) is 0 Å². The first-order chi connectivity index (χ1) is 7.58. The molecule has 2 N–H and O–H groups in total. The number of aromatic nitrogens is 1. The minimum atomic E-state index is 0.469. The average Bonchev–Trinajstić information content (AvgIpc) is 2.66. The lowest BCUT2D eigenvalue weighted by Gasteiger charge is -2.29. The third-order valence-electron chi connectivity index (χ3n) is 2.49. The SMILES string of the molecule is CCN(c1ncc(CN)s1)C(C)CN(C)C. The fraction of sp³-hybridized carbons (Fsp3) is 0.727. The number of hydrogen-bond acceptors (Lipinski definition) is 5. The number of thiazole rings is 1. The second kappa shape index (κ2) is 6.18. The van der Waals surface area contributed by atoms with Crippen molar-refractivity contribution in [2.24, 2.45) is 5.73 Å². The van der Waals surface area contributed by atoms with E-state index in [-0.39, 0.29) is 0 Å². The Bertz CT molecular complexity index is 311. The van der Waals surface area contributed by atoms with Crippen LogP contribution in [-0.4, -0.2) is 43.1 Å². The van der Waals surface area contributed by atoms with Crippen molar-refractivity contribution in [3.8, 4) is 0 Å². The maximum Gasteiger partial charge on any atom is 0.185 e. The van der Waals surface area contributed by atoms with Crippen molar-refractivity contribution in [2.75, 3.05) is 32.1 Å². The molecule has 1 aromatic heterocycles. The molecule has 1 heterocycles. The Balaban J connectivity index is 2.72. The molecule has 0 aliphatic carbocycles. The van der Waals surface area contributed by atoms with Crippen LogP contribution in [0.15, 0.2) is 6.20 Å². The molecule has 5 heteroatoms. The number of likely N-dealkylation sites (N-methyl/N-ethyl adjacent to an activating group) is 2. The highest BCUT2D eigenvalue weighted by Crippen LogP contribution is 2.23. The molecule has 0 spiro atoms. The summed E-state index contributed by atoms with van der Waals surface area (Å²) < 4.78 is 0. The Kier molecular flexibility index (Phi) is 5.18. The van der Waals surface area contributed by atoms with Crippen LogP contribution in [0, 0.1) is 0 Å². The summed E-state index contributed by atoms with van der Waals surface area (Å²) in [6, 6.07) is 0.469. The molecular formula is C11H22N4S. The zero-order valence-electron chi connectivity index (χ0n) is 10.6. The first kappa shape index (κ1) is 13.4. The van der Waals surface area contributed by atoms with Gasteiger partial charge in [0.25, 0.3) is 0 Å². The first-order valence-corrected chi connectivity index (χ1v) is 6.46. The zero-order valence-corrected chi connectivity index (χ0v) is 11.4. The maximum atomic E-state index is 5.61. The summed E-state index contributed by atoms with van der Waals surface area (Å²) in [7, 11) is 4.19. The van der Waals surface area contributed by atoms with Gasteiger partial charge in [-0.05, 0) is 27.9 Å². The normalized spacial score (nSPS) is 13.1. The third-order valence-corrected chi connectivity index (χ3v) is 3.55. The number of nitrogens with zero attached hydrogens (tertiary/aromatic N) is 3. The third kappa shape index (κ3) is 3.43. The summed E-state index contributed by atoms with van der Waals surface area (Å²) >= 11 is 1.69. The van der Waals surface area contributed by atoms with Gasteiger partial charge in [0.15, 0.2) is 5.13 Å². The monoisotopic (exact) mass is 242 g/mol. The van der Waals surface area contributed by atoms with Crippen LogP contribution in [0.1, 0.15) is 18.7 Å². The lowest BCUT2D eigenvalue weighted by molar-refractivity contribution is 0.373. The van der Waals surface area contributed by atoms with E-state index in [1.807, 2.05) is 6.20 Å². The maximum absolute atomic E-state index is 5.61. The van der Waals surface area contributed by atoms with Crippen LogP contribution in [0.3, 0.4) is 0 Å². The fourth-order valence-electron chi connectivity index (χ4n) is 1.79. The average molecular weight is 242 g/mol. The van der Waals surface area contributed by atoms with Crippen LogP contribution in [0.5, 0.6) is 0 Å². The van der Waals surface area contributed by atoms with E-state index >= 15 is 0 Å². The summed E-state index contributed by atoms with van der Waals surface area (Å²) in [4.78, 5) is 10.1. The zero-order chi connectivity index (χ0) is 12.1. The lowest BCUT2D eigenvalue weighted by atomic mass is 10.3. The van der Waals surface area contributed by atoms with E-state index in [9.17, 15) is 0 Å². The molecule has 0 saturated carbocycles. The van der Waals surface area contributed by atoms with Gasteiger partial charge >= 0.3 is 0 Å². The van der Waals surface area contributed by atoms with Crippen LogP contribution in [-0.2, 0) is 6.54 Å². The molecule has 16 heavy (non-hydrogen) atoms. The minimum absolute atomic E-state index is 0.469. The van der Waals surface area contributed by atoms with E-state index in [1.165, 1.54) is 0 Å². The lowest BCUT2D eigenvalue weighted by Crippen LogP contribution is -2.40. The number of anilines is 1. The topological polar surface area (TPSA) is 45.4 Å². The molecule has 1 atom stereocenters. The van der Waals surface area contributed by atoms with Crippen molar-refractivity contribution in [2.45, 2.75) is 26.4 Å². The van der Waals surface area contributed by atoms with Gasteiger partial charge in [0.05, 0.1) is 0 Å². The molecule has 1 rings (SSSR count). The quantitative estimate of drug-likeness (QED) is 0.818. The van der Waals surface area contributed by atoms with Crippen LogP contribution in [0.25, 0.3) is 0 Å². The minimum Gasteiger partial charge on any atom is -0.344 e. The number of hydrogen-bond donors (Lipinski definition) is 1. The van der Waals surface area contributed by atoms with Crippen LogP contribution < -0.4 is 10.6 Å². The fourth-order valence-corrected chi connectivity index (χ4v) is 2.74. The molecule has 0 fully saturated rings. The highest BCUT2D eigenvalue weighted by molar-refractivity contribution is 7.15. The van der Waals surface area contributed by atoms with Gasteiger partial charge in [0.1, 0.15) is 0 Å². The Morgan fingerprint density at radius 1 is 1.50 bits per heavy atom. The van der Waals surface area contributed by atoms with Crippen LogP contribution >= 0.6 is 11.3 Å². The van der Waals surface area contributed by atoms with Crippen LogP contribution in [0.4, 0.5) is 5.13 Å². The molecule has 0 radical (unpaired) electrons. The van der Waals surface area contributed by atoms with E-state index in [0.717, 1.165) is 23.1 Å². The second-order valence-corrected chi connectivity index (χ2v) is 5.30. The predicted octanol–water partition coefficient (Wildman–Crippen LogP) is 1.38. The molecule has 0 saturated heterocycles. The molecule has 1 unspecified atom stereocenters. The van der Waals surface area contributed by atoms with Crippen molar-refractivity contribution in [3.05, 3.63) is 11.1 Å². The van der Waals surface area contributed by atoms with Gasteiger partial charge in [-0.2, -0.15) is 0 Å². The standard InChI is InChI=1S/C11H22N4S/c1-5-15(9(2)8-14(3)4)11-13-7-10(6-12)16-11/h7,9H,5-6,8,12H2,1-4H3. The van der Waals surface area contributed by atoms with Gasteiger partial charge in [-0.1, -0.05) is 0 Å². The Morgan fingerprint density at radius 2 is 2.19 bits per heavy atom. The van der Waals surface area contributed by atoms with Gasteiger partial charge in [0.2, 0.25) is 0 Å². The molecule has 1 aromatic rings. The summed E-state index contributed by atoms with van der Waals surface area (Å²) in [6.45, 7) is 6.98. The van der Waals surface area contributed by atoms with Gasteiger partial charge in [0, 0.05) is 36.8 Å². The van der Waals surface area contributed by atoms with Crippen molar-refractivity contribution >= 4 is 16.5 Å². The highest BCUT2D eigenvalue weighted by Gasteiger charge is 2.16. The van der Waals surface area contributed by atoms with E-state index in [0.29, 0.717) is 12.6 Å². The molecule has 0 amide bonds. The summed E-state index contributed by atoms with van der Waals surface area (Å²) in [5, 5.41) is 1.08. The Morgan fingerprint density at radius 3 is 2.62 bits per heavy atom. The second-order valence-electron chi connectivity index (χ2n) is 4.21. The van der Waals surface area contributed by atoms with E-state index in [2.05, 4.69) is 42.7 Å². The summed E-state index contributed by atoms with van der Waals surface area (Å²) in [5.41, 5.74) is 5.61. The molecule has 4 nitrogen and oxygen atoms in total. The molecule has 0 aromatic carbocycles. The molecule has 0 bridgehead atoms. The van der Waals surface area contributed by atoms with Crippen molar-refractivity contribution in [3.63, 3.8) is 0 Å². The van der Waals surface area contributed by atoms with Gasteiger partial charge in [-0.15, -0.1) is 11.3 Å². The Labute approximate surface area is 102 Å². The molecule has 92 valence electrons. The van der Waals surface area contributed by atoms with Gasteiger partial charge < -0.3 is 15.5 Å². The van der Waals surface area contributed by atoms with Crippen LogP contribution in [0.2, 0.25) is 0 Å². The van der Waals surface area contributed by atoms with Crippen molar-refractivity contribution in [1.82, 2.24) is 9.88 Å². The van der Waals surface area contributed by atoms with Crippen molar-refractivity contribution < 1.29 is 0 Å². The molecular weight excluding hydrogens is 220 g/mol. The first-order valence-electron chi connectivity index (χ1n) is 5.64. The van der Waals surface area contributed by atoms with Gasteiger partial charge in [-0.3, -0.25) is 0 Å². The highest BCUT2D eigenvalue weighted by atomic mass is 32.1. The number of nitrogens with two attached hydrogens (primary N) is 1. The Hall–Kier alpha value is -0.650. The molecule has 0 aliphatic heterocycles. The summed E-state index contributed by atoms with van der Waals surface area (Å²) in [5.74, 6) is 0. The van der Waals surface area contributed by atoms with Gasteiger partial charge in [-0.25, -0.2) is 4.98 Å². The smallest absolute Gasteiger partial charge is 0.185 e. The molecule has 0 aliphatic rings. The van der Waals surface area contributed by atoms with E-state index in [4.69, 9.17) is 5.73 Å². The van der Waals surface area contributed by atoms with E-state index in [1.54, 1.807) is 11.3 Å². The predicted molar refractivity (Wildman–Crippen MR) is 71.0 cm³/mol. The largest absolute Gasteiger partial charge is 0.344 e. The summed E-state index contributed by atoms with van der Waals surface area (Å²) in [6.07, 6.45) is 1.88. The number of rotatable bonds is 6.